The van der Waals surface area contributed by atoms with E-state index < -0.39 is 0 Å². The summed E-state index contributed by atoms with van der Waals surface area (Å²) in [4.78, 5) is 6.22. The fraction of sp³-hybridized carbons (Fsp3) is 0.786. The molecule has 3 heteroatoms. The summed E-state index contributed by atoms with van der Waals surface area (Å²) in [5.41, 5.74) is 1.30. The largest absolute Gasteiger partial charge is 0.309 e. The molecular formula is C14H26N2S. The molecule has 1 aromatic rings. The van der Waals surface area contributed by atoms with Gasteiger partial charge in [0, 0.05) is 17.5 Å². The zero-order chi connectivity index (χ0) is 12.8. The molecular weight excluding hydrogens is 228 g/mol. The first-order valence-electron chi connectivity index (χ1n) is 6.80. The Morgan fingerprint density at radius 3 is 2.47 bits per heavy atom. The maximum absolute atomic E-state index is 4.78. The highest BCUT2D eigenvalue weighted by Crippen LogP contribution is 2.26. The average molecular weight is 254 g/mol. The summed E-state index contributed by atoms with van der Waals surface area (Å²) in [6.45, 7) is 12.1. The zero-order valence-corrected chi connectivity index (χ0v) is 12.7. The minimum absolute atomic E-state index is 0.533. The van der Waals surface area contributed by atoms with Gasteiger partial charge in [0.1, 0.15) is 0 Å². The van der Waals surface area contributed by atoms with E-state index in [1.165, 1.54) is 28.4 Å². The van der Waals surface area contributed by atoms with Gasteiger partial charge in [-0.25, -0.2) is 4.98 Å². The van der Waals surface area contributed by atoms with Crippen LogP contribution in [-0.4, -0.2) is 11.0 Å². The van der Waals surface area contributed by atoms with Gasteiger partial charge in [0.25, 0.3) is 0 Å². The van der Waals surface area contributed by atoms with E-state index in [-0.39, 0.29) is 0 Å². The van der Waals surface area contributed by atoms with Crippen molar-refractivity contribution in [3.8, 4) is 0 Å². The summed E-state index contributed by atoms with van der Waals surface area (Å²) in [6.07, 6.45) is 3.48. The molecule has 17 heavy (non-hydrogen) atoms. The van der Waals surface area contributed by atoms with E-state index in [9.17, 15) is 0 Å². The number of nitrogens with zero attached hydrogens (tertiary/aromatic N) is 1. The van der Waals surface area contributed by atoms with Crippen molar-refractivity contribution in [2.45, 2.75) is 72.4 Å². The fourth-order valence-corrected chi connectivity index (χ4v) is 3.00. The summed E-state index contributed by atoms with van der Waals surface area (Å²) in [6, 6.07) is 0.590. The Balaban J connectivity index is 2.73. The molecule has 1 atom stereocenters. The van der Waals surface area contributed by atoms with Gasteiger partial charge in [-0.15, -0.1) is 11.3 Å². The van der Waals surface area contributed by atoms with Crippen LogP contribution in [0.1, 0.15) is 69.0 Å². The normalized spacial score (nSPS) is 13.3. The molecule has 1 rings (SSSR count). The van der Waals surface area contributed by atoms with Gasteiger partial charge in [0.15, 0.2) is 0 Å². The van der Waals surface area contributed by atoms with Crippen LogP contribution in [-0.2, 0) is 13.0 Å². The van der Waals surface area contributed by atoms with Gasteiger partial charge in [-0.3, -0.25) is 0 Å². The average Bonchev–Trinajstić information content (AvgIpc) is 2.69. The van der Waals surface area contributed by atoms with E-state index in [0.29, 0.717) is 12.0 Å². The number of aryl methyl sites for hydroxylation is 1. The number of aromatic nitrogens is 1. The summed E-state index contributed by atoms with van der Waals surface area (Å²) in [7, 11) is 0. The predicted octanol–water partition coefficient (Wildman–Crippen LogP) is 4.11. The van der Waals surface area contributed by atoms with Crippen LogP contribution in [0.25, 0.3) is 0 Å². The van der Waals surface area contributed by atoms with E-state index in [4.69, 9.17) is 4.98 Å². The number of rotatable bonds is 7. The maximum atomic E-state index is 4.78. The molecule has 0 saturated heterocycles. The van der Waals surface area contributed by atoms with Gasteiger partial charge in [-0.05, 0) is 32.1 Å². The van der Waals surface area contributed by atoms with Crippen LogP contribution < -0.4 is 5.32 Å². The van der Waals surface area contributed by atoms with Crippen molar-refractivity contribution < 1.29 is 0 Å². The first kappa shape index (κ1) is 14.7. The van der Waals surface area contributed by atoms with Crippen molar-refractivity contribution in [1.29, 1.82) is 0 Å². The molecule has 0 aliphatic carbocycles. The maximum Gasteiger partial charge on any atom is 0.0931 e. The van der Waals surface area contributed by atoms with E-state index in [1.807, 2.05) is 11.3 Å². The van der Waals surface area contributed by atoms with E-state index in [0.717, 1.165) is 13.0 Å². The lowest BCUT2D eigenvalue weighted by Crippen LogP contribution is -2.24. The van der Waals surface area contributed by atoms with Crippen molar-refractivity contribution in [1.82, 2.24) is 10.3 Å². The molecule has 1 unspecified atom stereocenters. The number of hydrogen-bond donors (Lipinski definition) is 1. The van der Waals surface area contributed by atoms with Crippen LogP contribution in [0.3, 0.4) is 0 Å². The van der Waals surface area contributed by atoms with E-state index in [1.54, 1.807) is 0 Å². The molecule has 0 aliphatic heterocycles. The zero-order valence-electron chi connectivity index (χ0n) is 11.8. The molecule has 1 N–H and O–H groups in total. The van der Waals surface area contributed by atoms with Gasteiger partial charge in [-0.1, -0.05) is 27.7 Å². The van der Waals surface area contributed by atoms with Crippen LogP contribution in [0.4, 0.5) is 0 Å². The second-order valence-corrected chi connectivity index (χ2v) is 6.18. The summed E-state index contributed by atoms with van der Waals surface area (Å²) in [5, 5.41) is 4.87. The molecule has 0 fully saturated rings. The monoisotopic (exact) mass is 254 g/mol. The quantitative estimate of drug-likeness (QED) is 0.792. The minimum atomic E-state index is 0.533. The van der Waals surface area contributed by atoms with Crippen molar-refractivity contribution in [2.75, 3.05) is 0 Å². The molecule has 98 valence electrons. The van der Waals surface area contributed by atoms with Crippen molar-refractivity contribution in [3.05, 3.63) is 15.6 Å². The Morgan fingerprint density at radius 2 is 1.94 bits per heavy atom. The Kier molecular flexibility index (Phi) is 6.14. The van der Waals surface area contributed by atoms with Gasteiger partial charge in [-0.2, -0.15) is 0 Å². The van der Waals surface area contributed by atoms with Crippen LogP contribution in [0.15, 0.2) is 0 Å². The molecule has 0 aliphatic rings. The van der Waals surface area contributed by atoms with Crippen molar-refractivity contribution >= 4 is 11.3 Å². The molecule has 0 saturated carbocycles. The lowest BCUT2D eigenvalue weighted by Gasteiger charge is -2.11. The number of nitrogens with one attached hydrogen (secondary N) is 1. The Labute approximate surface area is 110 Å². The van der Waals surface area contributed by atoms with Crippen LogP contribution in [0.5, 0.6) is 0 Å². The molecule has 0 amide bonds. The highest BCUT2D eigenvalue weighted by molar-refractivity contribution is 7.11. The molecule has 2 nitrogen and oxygen atoms in total. The predicted molar refractivity (Wildman–Crippen MR) is 76.8 cm³/mol. The van der Waals surface area contributed by atoms with Gasteiger partial charge >= 0.3 is 0 Å². The van der Waals surface area contributed by atoms with Crippen LogP contribution >= 0.6 is 11.3 Å². The summed E-state index contributed by atoms with van der Waals surface area (Å²) in [5.74, 6) is 0.533. The van der Waals surface area contributed by atoms with Gasteiger partial charge in [0.2, 0.25) is 0 Å². The Bertz CT molecular complexity index is 331. The number of thiazole rings is 1. The highest BCUT2D eigenvalue weighted by atomic mass is 32.1. The second kappa shape index (κ2) is 7.12. The van der Waals surface area contributed by atoms with Gasteiger partial charge in [0.05, 0.1) is 10.7 Å². The third kappa shape index (κ3) is 4.40. The summed E-state index contributed by atoms with van der Waals surface area (Å²) < 4.78 is 0. The number of hydrogen-bond acceptors (Lipinski definition) is 3. The SMILES string of the molecule is CCCc1nc(C(C)C)c(CNC(C)CC)s1. The Hall–Kier alpha value is -0.410. The first-order valence-corrected chi connectivity index (χ1v) is 7.61. The Morgan fingerprint density at radius 1 is 1.24 bits per heavy atom. The summed E-state index contributed by atoms with van der Waals surface area (Å²) >= 11 is 1.89. The lowest BCUT2D eigenvalue weighted by molar-refractivity contribution is 0.534. The topological polar surface area (TPSA) is 24.9 Å². The second-order valence-electron chi connectivity index (χ2n) is 5.01. The highest BCUT2D eigenvalue weighted by Gasteiger charge is 2.14. The van der Waals surface area contributed by atoms with Crippen LogP contribution in [0, 0.1) is 0 Å². The third-order valence-electron chi connectivity index (χ3n) is 3.01. The van der Waals surface area contributed by atoms with E-state index >= 15 is 0 Å². The molecule has 0 spiro atoms. The molecule has 0 bridgehead atoms. The first-order chi connectivity index (χ1) is 8.08. The standard InChI is InChI=1S/C14H26N2S/c1-6-8-13-16-14(10(3)4)12(17-13)9-15-11(5)7-2/h10-11,15H,6-9H2,1-5H3. The molecule has 1 heterocycles. The molecule has 0 radical (unpaired) electrons. The lowest BCUT2D eigenvalue weighted by atomic mass is 10.1. The molecule has 0 aromatic carbocycles. The minimum Gasteiger partial charge on any atom is -0.309 e. The fourth-order valence-electron chi connectivity index (χ4n) is 1.72. The van der Waals surface area contributed by atoms with E-state index in [2.05, 4.69) is 39.9 Å². The smallest absolute Gasteiger partial charge is 0.0931 e. The van der Waals surface area contributed by atoms with Gasteiger partial charge < -0.3 is 5.32 Å². The van der Waals surface area contributed by atoms with Crippen molar-refractivity contribution in [3.63, 3.8) is 0 Å². The molecule has 1 aromatic heterocycles. The third-order valence-corrected chi connectivity index (χ3v) is 4.14. The van der Waals surface area contributed by atoms with Crippen molar-refractivity contribution in [2.24, 2.45) is 0 Å². The van der Waals surface area contributed by atoms with Crippen LogP contribution in [0.2, 0.25) is 0 Å².